The zero-order valence-corrected chi connectivity index (χ0v) is 16.7. The number of carbonyl (C=O) groups excluding carboxylic acids is 1. The number of anilines is 1. The molecule has 27 heavy (non-hydrogen) atoms. The van der Waals surface area contributed by atoms with E-state index in [-0.39, 0.29) is 21.2 Å². The molecule has 0 aliphatic rings. The third kappa shape index (κ3) is 3.95. The Morgan fingerprint density at radius 2 is 1.89 bits per heavy atom. The lowest BCUT2D eigenvalue weighted by atomic mass is 10.1. The molecule has 1 heterocycles. The van der Waals surface area contributed by atoms with Crippen molar-refractivity contribution in [3.05, 3.63) is 58.6 Å². The van der Waals surface area contributed by atoms with Crippen LogP contribution in [0.5, 0.6) is 0 Å². The van der Waals surface area contributed by atoms with Gasteiger partial charge in [0, 0.05) is 5.56 Å². The highest BCUT2D eigenvalue weighted by molar-refractivity contribution is 7.93. The van der Waals surface area contributed by atoms with Gasteiger partial charge < -0.3 is 4.74 Å². The van der Waals surface area contributed by atoms with E-state index in [1.54, 1.807) is 24.3 Å². The van der Waals surface area contributed by atoms with Crippen molar-refractivity contribution in [3.8, 4) is 10.6 Å². The number of hydrogen-bond donors (Lipinski definition) is 1. The molecule has 0 fully saturated rings. The molecule has 0 saturated carbocycles. The molecule has 0 atom stereocenters. The van der Waals surface area contributed by atoms with E-state index in [0.717, 1.165) is 11.3 Å². The van der Waals surface area contributed by atoms with Gasteiger partial charge in [-0.2, -0.15) is 0 Å². The Bertz CT molecular complexity index is 1110. The van der Waals surface area contributed by atoms with E-state index in [2.05, 4.69) is 19.7 Å². The van der Waals surface area contributed by atoms with Gasteiger partial charge >= 0.3 is 5.97 Å². The number of halogens is 1. The van der Waals surface area contributed by atoms with E-state index in [1.165, 1.54) is 32.2 Å². The second-order valence-electron chi connectivity index (χ2n) is 5.42. The number of nitrogens with zero attached hydrogens (tertiary/aromatic N) is 2. The highest BCUT2D eigenvalue weighted by atomic mass is 35.5. The Labute approximate surface area is 165 Å². The number of sulfonamides is 1. The van der Waals surface area contributed by atoms with Gasteiger partial charge in [0.1, 0.15) is 0 Å². The lowest BCUT2D eigenvalue weighted by Gasteiger charge is -2.10. The molecule has 0 radical (unpaired) electrons. The van der Waals surface area contributed by atoms with Crippen molar-refractivity contribution >= 4 is 44.1 Å². The van der Waals surface area contributed by atoms with E-state index >= 15 is 0 Å². The number of aromatic nitrogens is 2. The van der Waals surface area contributed by atoms with Crippen molar-refractivity contribution in [3.63, 3.8) is 0 Å². The quantitative estimate of drug-likeness (QED) is 0.627. The molecule has 3 aromatic rings. The fourth-order valence-corrected chi connectivity index (χ4v) is 4.98. The molecule has 0 unspecified atom stereocenters. The van der Waals surface area contributed by atoms with Crippen LogP contribution < -0.4 is 4.72 Å². The van der Waals surface area contributed by atoms with Crippen LogP contribution in [0.15, 0.2) is 47.4 Å². The Morgan fingerprint density at radius 1 is 1.15 bits per heavy atom. The summed E-state index contributed by atoms with van der Waals surface area (Å²) < 4.78 is 32.6. The van der Waals surface area contributed by atoms with Gasteiger partial charge in [0.15, 0.2) is 5.01 Å². The maximum absolute atomic E-state index is 12.7. The zero-order chi connectivity index (χ0) is 19.6. The molecule has 0 saturated heterocycles. The summed E-state index contributed by atoms with van der Waals surface area (Å²) in [6, 6.07) is 11.4. The molecule has 7 nitrogen and oxygen atoms in total. The average Bonchev–Trinajstić information content (AvgIpc) is 3.09. The summed E-state index contributed by atoms with van der Waals surface area (Å²) in [5, 5.41) is 8.93. The minimum atomic E-state index is -3.97. The lowest BCUT2D eigenvalue weighted by Crippen LogP contribution is -2.16. The zero-order valence-electron chi connectivity index (χ0n) is 14.3. The van der Waals surface area contributed by atoms with Crippen molar-refractivity contribution in [2.45, 2.75) is 11.8 Å². The molecule has 0 aliphatic carbocycles. The molecule has 140 valence electrons. The van der Waals surface area contributed by atoms with Crippen LogP contribution in [0.4, 0.5) is 5.13 Å². The third-order valence-corrected chi connectivity index (χ3v) is 6.54. The SMILES string of the molecule is COC(=O)c1cccc(S(=O)(=O)Nc2nnc(-c3ccccc3Cl)s2)c1C. The minimum absolute atomic E-state index is 0.0418. The first-order valence-electron chi connectivity index (χ1n) is 7.62. The van der Waals surface area contributed by atoms with E-state index in [4.69, 9.17) is 11.6 Å². The molecule has 3 rings (SSSR count). The highest BCUT2D eigenvalue weighted by Gasteiger charge is 2.23. The number of carbonyl (C=O) groups is 1. The Kier molecular flexibility index (Phi) is 5.45. The summed E-state index contributed by atoms with van der Waals surface area (Å²) in [5.41, 5.74) is 1.12. The maximum atomic E-state index is 12.7. The number of benzene rings is 2. The molecule has 2 aromatic carbocycles. The van der Waals surface area contributed by atoms with E-state index < -0.39 is 16.0 Å². The monoisotopic (exact) mass is 423 g/mol. The Balaban J connectivity index is 1.93. The van der Waals surface area contributed by atoms with Gasteiger partial charge in [0.2, 0.25) is 5.13 Å². The largest absolute Gasteiger partial charge is 0.465 e. The second kappa shape index (κ2) is 7.63. The number of hydrogen-bond acceptors (Lipinski definition) is 7. The second-order valence-corrected chi connectivity index (χ2v) is 8.45. The van der Waals surface area contributed by atoms with E-state index in [1.807, 2.05) is 0 Å². The minimum Gasteiger partial charge on any atom is -0.465 e. The molecule has 10 heteroatoms. The van der Waals surface area contributed by atoms with Crippen LogP contribution in [0.3, 0.4) is 0 Å². The summed E-state index contributed by atoms with van der Waals surface area (Å²) in [6.07, 6.45) is 0. The summed E-state index contributed by atoms with van der Waals surface area (Å²) in [5.74, 6) is -0.610. The first kappa shape index (κ1) is 19.3. The van der Waals surface area contributed by atoms with Crippen molar-refractivity contribution in [1.82, 2.24) is 10.2 Å². The van der Waals surface area contributed by atoms with Crippen LogP contribution in [0.25, 0.3) is 10.6 Å². The van der Waals surface area contributed by atoms with E-state index in [0.29, 0.717) is 15.6 Å². The number of esters is 1. The van der Waals surface area contributed by atoms with Crippen LogP contribution in [0.1, 0.15) is 15.9 Å². The number of methoxy groups -OCH3 is 1. The molecular weight excluding hydrogens is 410 g/mol. The van der Waals surface area contributed by atoms with Gasteiger partial charge in [-0.15, -0.1) is 10.2 Å². The fourth-order valence-electron chi connectivity index (χ4n) is 2.41. The van der Waals surface area contributed by atoms with Crippen molar-refractivity contribution in [1.29, 1.82) is 0 Å². The van der Waals surface area contributed by atoms with Gasteiger partial charge in [-0.05, 0) is 30.7 Å². The summed E-state index contributed by atoms with van der Waals surface area (Å²) >= 11 is 7.19. The van der Waals surface area contributed by atoms with Gasteiger partial charge in [-0.25, -0.2) is 13.2 Å². The standard InChI is InChI=1S/C17H14ClN3O4S2/c1-10-11(16(22)25-2)7-5-9-14(10)27(23,24)21-17-20-19-15(26-17)12-6-3-4-8-13(12)18/h3-9H,1-2H3,(H,20,21). The smallest absolute Gasteiger partial charge is 0.338 e. The van der Waals surface area contributed by atoms with Crippen LogP contribution in [0, 0.1) is 6.92 Å². The van der Waals surface area contributed by atoms with Crippen molar-refractivity contribution in [2.75, 3.05) is 11.8 Å². The number of nitrogens with one attached hydrogen (secondary N) is 1. The number of rotatable bonds is 5. The molecular formula is C17H14ClN3O4S2. The van der Waals surface area contributed by atoms with Crippen molar-refractivity contribution in [2.24, 2.45) is 0 Å². The molecule has 1 N–H and O–H groups in total. The average molecular weight is 424 g/mol. The van der Waals surface area contributed by atoms with Gasteiger partial charge in [0.25, 0.3) is 10.0 Å². The topological polar surface area (TPSA) is 98.2 Å². The van der Waals surface area contributed by atoms with Crippen molar-refractivity contribution < 1.29 is 17.9 Å². The highest BCUT2D eigenvalue weighted by Crippen LogP contribution is 2.32. The molecule has 0 aliphatic heterocycles. The molecule has 0 spiro atoms. The summed E-state index contributed by atoms with van der Waals surface area (Å²) in [7, 11) is -2.74. The van der Waals surface area contributed by atoms with Gasteiger partial charge in [-0.3, -0.25) is 4.72 Å². The van der Waals surface area contributed by atoms with Gasteiger partial charge in [0.05, 0.1) is 22.6 Å². The predicted octanol–water partition coefficient (Wildman–Crippen LogP) is 3.75. The molecule has 1 aromatic heterocycles. The normalized spacial score (nSPS) is 11.2. The van der Waals surface area contributed by atoms with Crippen LogP contribution in [-0.4, -0.2) is 31.7 Å². The van der Waals surface area contributed by atoms with Crippen LogP contribution in [-0.2, 0) is 14.8 Å². The predicted molar refractivity (Wildman–Crippen MR) is 104 cm³/mol. The number of ether oxygens (including phenoxy) is 1. The molecule has 0 bridgehead atoms. The van der Waals surface area contributed by atoms with E-state index in [9.17, 15) is 13.2 Å². The van der Waals surface area contributed by atoms with Crippen LogP contribution >= 0.6 is 22.9 Å². The third-order valence-electron chi connectivity index (χ3n) is 3.73. The first-order chi connectivity index (χ1) is 12.8. The molecule has 0 amide bonds. The fraction of sp³-hybridized carbons (Fsp3) is 0.118. The Morgan fingerprint density at radius 3 is 2.59 bits per heavy atom. The lowest BCUT2D eigenvalue weighted by molar-refractivity contribution is 0.0599. The summed E-state index contributed by atoms with van der Waals surface area (Å²) in [4.78, 5) is 11.8. The Hall–Kier alpha value is -2.49. The maximum Gasteiger partial charge on any atom is 0.338 e. The van der Waals surface area contributed by atoms with Crippen LogP contribution in [0.2, 0.25) is 5.02 Å². The first-order valence-corrected chi connectivity index (χ1v) is 10.3. The summed E-state index contributed by atoms with van der Waals surface area (Å²) in [6.45, 7) is 1.54. The van der Waals surface area contributed by atoms with Gasteiger partial charge in [-0.1, -0.05) is 47.2 Å².